The molecule has 21 heavy (non-hydrogen) atoms. The molecule has 8 heteroatoms. The van der Waals surface area contributed by atoms with Crippen LogP contribution in [-0.4, -0.2) is 45.5 Å². The predicted molar refractivity (Wildman–Crippen MR) is 72.4 cm³/mol. The molecule has 112 valence electrons. The molecule has 2 rings (SSSR count). The quantitative estimate of drug-likeness (QED) is 0.795. The van der Waals surface area contributed by atoms with Gasteiger partial charge in [-0.05, 0) is 34.5 Å². The van der Waals surface area contributed by atoms with Gasteiger partial charge >= 0.3 is 5.97 Å². The van der Waals surface area contributed by atoms with Gasteiger partial charge in [-0.3, -0.25) is 4.79 Å². The first-order chi connectivity index (χ1) is 10.1. The van der Waals surface area contributed by atoms with Gasteiger partial charge in [-0.25, -0.2) is 4.68 Å². The van der Waals surface area contributed by atoms with Crippen LogP contribution in [0.5, 0.6) is 11.5 Å². The highest BCUT2D eigenvalue weighted by molar-refractivity contribution is 5.66. The normalized spacial score (nSPS) is 10.4. The smallest absolute Gasteiger partial charge is 0.325 e. The van der Waals surface area contributed by atoms with Crippen molar-refractivity contribution in [2.45, 2.75) is 19.4 Å². The van der Waals surface area contributed by atoms with Crippen molar-refractivity contribution in [3.05, 3.63) is 29.6 Å². The molecule has 1 aromatic heterocycles. The van der Waals surface area contributed by atoms with Crippen molar-refractivity contribution in [1.29, 1.82) is 0 Å². The molecule has 8 nitrogen and oxygen atoms in total. The van der Waals surface area contributed by atoms with E-state index >= 15 is 0 Å². The molecule has 2 aromatic rings. The van der Waals surface area contributed by atoms with E-state index < -0.39 is 5.97 Å². The Morgan fingerprint density at radius 2 is 2.00 bits per heavy atom. The second-order valence-corrected chi connectivity index (χ2v) is 4.34. The van der Waals surface area contributed by atoms with Gasteiger partial charge in [-0.15, -0.1) is 5.10 Å². The summed E-state index contributed by atoms with van der Waals surface area (Å²) in [5.74, 6) is 0.874. The molecule has 0 radical (unpaired) electrons. The van der Waals surface area contributed by atoms with Gasteiger partial charge in [0.1, 0.15) is 6.54 Å². The van der Waals surface area contributed by atoms with Crippen LogP contribution in [0.4, 0.5) is 0 Å². The van der Waals surface area contributed by atoms with Gasteiger partial charge < -0.3 is 14.6 Å². The second kappa shape index (κ2) is 6.69. The Balaban J connectivity index is 2.06. The maximum absolute atomic E-state index is 10.7. The first-order valence-electron chi connectivity index (χ1n) is 6.31. The van der Waals surface area contributed by atoms with Crippen LogP contribution in [0.2, 0.25) is 0 Å². The van der Waals surface area contributed by atoms with E-state index in [9.17, 15) is 4.79 Å². The first-order valence-corrected chi connectivity index (χ1v) is 6.31. The average Bonchev–Trinajstić information content (AvgIpc) is 2.91. The summed E-state index contributed by atoms with van der Waals surface area (Å²) in [5.41, 5.74) is 1.03. The molecule has 0 aliphatic carbocycles. The Hall–Kier alpha value is -2.64. The van der Waals surface area contributed by atoms with Gasteiger partial charge in [0, 0.05) is 6.42 Å². The van der Waals surface area contributed by atoms with E-state index in [4.69, 9.17) is 14.6 Å². The van der Waals surface area contributed by atoms with Crippen LogP contribution in [0.15, 0.2) is 18.2 Å². The van der Waals surface area contributed by atoms with Gasteiger partial charge in [0.15, 0.2) is 17.3 Å². The molecule has 0 bridgehead atoms. The van der Waals surface area contributed by atoms with Crippen LogP contribution >= 0.6 is 0 Å². The van der Waals surface area contributed by atoms with Gasteiger partial charge in [0.25, 0.3) is 0 Å². The summed E-state index contributed by atoms with van der Waals surface area (Å²) in [7, 11) is 3.16. The van der Waals surface area contributed by atoms with E-state index in [-0.39, 0.29) is 6.54 Å². The van der Waals surface area contributed by atoms with Crippen LogP contribution in [0.25, 0.3) is 0 Å². The molecule has 0 saturated carbocycles. The van der Waals surface area contributed by atoms with Crippen LogP contribution in [0.1, 0.15) is 11.4 Å². The molecule has 0 aliphatic rings. The van der Waals surface area contributed by atoms with Crippen LogP contribution in [0.3, 0.4) is 0 Å². The number of aromatic nitrogens is 4. The fourth-order valence-corrected chi connectivity index (χ4v) is 1.95. The number of tetrazole rings is 1. The van der Waals surface area contributed by atoms with E-state index in [0.717, 1.165) is 5.56 Å². The van der Waals surface area contributed by atoms with E-state index in [1.165, 1.54) is 4.68 Å². The fraction of sp³-hybridized carbons (Fsp3) is 0.385. The minimum atomic E-state index is -0.977. The highest BCUT2D eigenvalue weighted by Crippen LogP contribution is 2.27. The van der Waals surface area contributed by atoms with Crippen molar-refractivity contribution in [2.75, 3.05) is 14.2 Å². The highest BCUT2D eigenvalue weighted by atomic mass is 16.5. The molecule has 1 heterocycles. The van der Waals surface area contributed by atoms with E-state index in [1.807, 2.05) is 18.2 Å². The molecular weight excluding hydrogens is 276 g/mol. The molecule has 0 amide bonds. The molecule has 1 aromatic carbocycles. The van der Waals surface area contributed by atoms with Gasteiger partial charge in [-0.1, -0.05) is 6.07 Å². The minimum absolute atomic E-state index is 0.242. The maximum atomic E-state index is 10.7. The van der Waals surface area contributed by atoms with Crippen LogP contribution in [0, 0.1) is 0 Å². The number of ether oxygens (including phenoxy) is 2. The number of methoxy groups -OCH3 is 2. The summed E-state index contributed by atoms with van der Waals surface area (Å²) in [6.45, 7) is -0.242. The van der Waals surface area contributed by atoms with Crippen LogP contribution < -0.4 is 9.47 Å². The highest BCUT2D eigenvalue weighted by Gasteiger charge is 2.10. The third-order valence-corrected chi connectivity index (χ3v) is 2.98. The average molecular weight is 292 g/mol. The monoisotopic (exact) mass is 292 g/mol. The summed E-state index contributed by atoms with van der Waals surface area (Å²) < 4.78 is 11.7. The van der Waals surface area contributed by atoms with Crippen molar-refractivity contribution in [3.8, 4) is 11.5 Å². The number of hydrogen-bond donors (Lipinski definition) is 1. The van der Waals surface area contributed by atoms with Gasteiger partial charge in [-0.2, -0.15) is 0 Å². The lowest BCUT2D eigenvalue weighted by atomic mass is 10.1. The summed E-state index contributed by atoms with van der Waals surface area (Å²) in [4.78, 5) is 10.7. The predicted octanol–water partition coefficient (Wildman–Crippen LogP) is 0.560. The summed E-state index contributed by atoms with van der Waals surface area (Å²) in [6, 6.07) is 5.63. The van der Waals surface area contributed by atoms with Crippen LogP contribution in [-0.2, 0) is 24.2 Å². The summed E-state index contributed by atoms with van der Waals surface area (Å²) in [5, 5.41) is 19.8. The SMILES string of the molecule is COc1ccc(CCc2nnnn2CC(=O)O)cc1OC. The number of carboxylic acids is 1. The molecule has 0 spiro atoms. The molecule has 0 aliphatic heterocycles. The van der Waals surface area contributed by atoms with E-state index in [0.29, 0.717) is 30.2 Å². The lowest BCUT2D eigenvalue weighted by Crippen LogP contribution is -2.14. The third kappa shape index (κ3) is 3.68. The zero-order chi connectivity index (χ0) is 15.2. The molecule has 1 N–H and O–H groups in total. The second-order valence-electron chi connectivity index (χ2n) is 4.34. The number of carbonyl (C=O) groups is 1. The molecule has 0 saturated heterocycles. The van der Waals surface area contributed by atoms with E-state index in [1.54, 1.807) is 14.2 Å². The van der Waals surface area contributed by atoms with Crippen molar-refractivity contribution >= 4 is 5.97 Å². The van der Waals surface area contributed by atoms with Crippen molar-refractivity contribution in [2.24, 2.45) is 0 Å². The molecule has 0 unspecified atom stereocenters. The first kappa shape index (κ1) is 14.8. The summed E-state index contributed by atoms with van der Waals surface area (Å²) >= 11 is 0. The number of aliphatic carboxylic acids is 1. The van der Waals surface area contributed by atoms with Crippen molar-refractivity contribution < 1.29 is 19.4 Å². The van der Waals surface area contributed by atoms with E-state index in [2.05, 4.69) is 15.5 Å². The number of benzene rings is 1. The van der Waals surface area contributed by atoms with Crippen molar-refractivity contribution in [1.82, 2.24) is 20.2 Å². The third-order valence-electron chi connectivity index (χ3n) is 2.98. The summed E-state index contributed by atoms with van der Waals surface area (Å²) in [6.07, 6.45) is 1.20. The Bertz CT molecular complexity index is 626. The van der Waals surface area contributed by atoms with Gasteiger partial charge in [0.2, 0.25) is 0 Å². The topological polar surface area (TPSA) is 99.4 Å². The Labute approximate surface area is 121 Å². The Morgan fingerprint density at radius 1 is 1.24 bits per heavy atom. The Kier molecular flexibility index (Phi) is 4.70. The Morgan fingerprint density at radius 3 is 2.67 bits per heavy atom. The zero-order valence-electron chi connectivity index (χ0n) is 11.8. The zero-order valence-corrected chi connectivity index (χ0v) is 11.8. The maximum Gasteiger partial charge on any atom is 0.325 e. The number of aryl methyl sites for hydroxylation is 2. The van der Waals surface area contributed by atoms with Crippen molar-refractivity contribution in [3.63, 3.8) is 0 Å². The number of nitrogens with zero attached hydrogens (tertiary/aromatic N) is 4. The minimum Gasteiger partial charge on any atom is -0.493 e. The molecular formula is C13H16N4O4. The lowest BCUT2D eigenvalue weighted by Gasteiger charge is -2.09. The number of carboxylic acid groups (broad SMARTS) is 1. The fourth-order valence-electron chi connectivity index (χ4n) is 1.95. The number of rotatable bonds is 7. The lowest BCUT2D eigenvalue weighted by molar-refractivity contribution is -0.138. The standard InChI is InChI=1S/C13H16N4O4/c1-20-10-5-3-9(7-11(10)21-2)4-6-12-14-15-16-17(12)8-13(18)19/h3,5,7H,4,6,8H2,1-2H3,(H,18,19). The number of hydrogen-bond acceptors (Lipinski definition) is 6. The largest absolute Gasteiger partial charge is 0.493 e. The van der Waals surface area contributed by atoms with Gasteiger partial charge in [0.05, 0.1) is 14.2 Å². The molecule has 0 atom stereocenters. The molecule has 0 fully saturated rings.